The number of nitrogens with one attached hydrogen (secondary N) is 2. The van der Waals surface area contributed by atoms with E-state index in [2.05, 4.69) is 15.6 Å². The van der Waals surface area contributed by atoms with Gasteiger partial charge >= 0.3 is 5.97 Å². The second kappa shape index (κ2) is 5.19. The minimum atomic E-state index is -0.778. The van der Waals surface area contributed by atoms with E-state index < -0.39 is 29.9 Å². The summed E-state index contributed by atoms with van der Waals surface area (Å²) < 4.78 is 18.5. The van der Waals surface area contributed by atoms with Crippen molar-refractivity contribution in [3.05, 3.63) is 34.6 Å². The monoisotopic (exact) mass is 273 g/mol. The van der Waals surface area contributed by atoms with Gasteiger partial charge in [-0.15, -0.1) is 0 Å². The molecule has 0 radical (unpaired) electrons. The van der Waals surface area contributed by atoms with Crippen LogP contribution in [0.4, 0.5) is 4.39 Å². The highest BCUT2D eigenvalue weighted by molar-refractivity contribution is 6.31. The lowest BCUT2D eigenvalue weighted by Crippen LogP contribution is -2.39. The summed E-state index contributed by atoms with van der Waals surface area (Å²) >= 11 is 5.98. The molecule has 2 rings (SSSR count). The van der Waals surface area contributed by atoms with E-state index in [0.717, 1.165) is 0 Å². The second-order valence-electron chi connectivity index (χ2n) is 3.98. The number of benzene rings is 1. The summed E-state index contributed by atoms with van der Waals surface area (Å²) in [7, 11) is 1.26. The number of carbonyl (C=O) groups excluding carboxylic acids is 1. The third-order valence-corrected chi connectivity index (χ3v) is 3.27. The highest BCUT2D eigenvalue weighted by atomic mass is 35.5. The first-order valence-corrected chi connectivity index (χ1v) is 5.72. The lowest BCUT2D eigenvalue weighted by Gasteiger charge is -2.21. The number of methoxy groups -OCH3 is 1. The molecule has 1 aliphatic rings. The van der Waals surface area contributed by atoms with Gasteiger partial charge in [0.1, 0.15) is 11.9 Å². The van der Waals surface area contributed by atoms with Gasteiger partial charge in [-0.1, -0.05) is 17.7 Å². The number of nitrogens with two attached hydrogens (primary N) is 1. The topological polar surface area (TPSA) is 76.4 Å². The molecule has 0 bridgehead atoms. The van der Waals surface area contributed by atoms with Crippen LogP contribution in [0.3, 0.4) is 0 Å². The molecular weight excluding hydrogens is 261 g/mol. The summed E-state index contributed by atoms with van der Waals surface area (Å²) in [4.78, 5) is 11.6. The van der Waals surface area contributed by atoms with Crippen LogP contribution in [-0.4, -0.2) is 25.3 Å². The molecule has 0 aromatic heterocycles. The predicted octanol–water partition coefficient (Wildman–Crippen LogP) is 0.497. The van der Waals surface area contributed by atoms with Crippen molar-refractivity contribution in [2.75, 3.05) is 7.11 Å². The average molecular weight is 274 g/mol. The van der Waals surface area contributed by atoms with Crippen LogP contribution in [0.15, 0.2) is 18.2 Å². The van der Waals surface area contributed by atoms with Gasteiger partial charge in [0.25, 0.3) is 0 Å². The molecule has 1 aromatic carbocycles. The lowest BCUT2D eigenvalue weighted by molar-refractivity contribution is -0.143. The summed E-state index contributed by atoms with van der Waals surface area (Å²) in [5, 5.41) is 0.231. The van der Waals surface area contributed by atoms with E-state index in [0.29, 0.717) is 0 Å². The van der Waals surface area contributed by atoms with Gasteiger partial charge in [-0.05, 0) is 12.1 Å². The van der Waals surface area contributed by atoms with E-state index >= 15 is 0 Å². The number of rotatable bonds is 2. The fourth-order valence-corrected chi connectivity index (χ4v) is 2.37. The number of hydrogen-bond acceptors (Lipinski definition) is 5. The Morgan fingerprint density at radius 1 is 1.50 bits per heavy atom. The molecule has 18 heavy (non-hydrogen) atoms. The van der Waals surface area contributed by atoms with E-state index in [1.165, 1.54) is 19.2 Å². The van der Waals surface area contributed by atoms with E-state index in [-0.39, 0.29) is 10.6 Å². The standard InChI is InChI=1S/C11H13ClFN3O2/c1-18-11(17)9-8(10(14)16-15-9)7-5(12)3-2-4-6(7)13/h2-4,8-10,15-16H,14H2,1H3. The molecule has 3 atom stereocenters. The zero-order chi connectivity index (χ0) is 13.3. The molecule has 3 unspecified atom stereocenters. The highest BCUT2D eigenvalue weighted by Crippen LogP contribution is 2.33. The number of carbonyl (C=O) groups is 1. The first-order chi connectivity index (χ1) is 8.56. The van der Waals surface area contributed by atoms with Gasteiger partial charge in [0.15, 0.2) is 0 Å². The summed E-state index contributed by atoms with van der Waals surface area (Å²) in [5.41, 5.74) is 11.4. The van der Waals surface area contributed by atoms with Crippen molar-refractivity contribution in [1.29, 1.82) is 0 Å². The Morgan fingerprint density at radius 3 is 2.83 bits per heavy atom. The van der Waals surface area contributed by atoms with Crippen molar-refractivity contribution < 1.29 is 13.9 Å². The van der Waals surface area contributed by atoms with Crippen LogP contribution < -0.4 is 16.6 Å². The molecule has 1 aliphatic heterocycles. The molecule has 1 aromatic rings. The first kappa shape index (κ1) is 13.2. The molecule has 0 saturated carbocycles. The van der Waals surface area contributed by atoms with E-state index in [9.17, 15) is 9.18 Å². The van der Waals surface area contributed by atoms with Crippen molar-refractivity contribution >= 4 is 17.6 Å². The van der Waals surface area contributed by atoms with Crippen molar-refractivity contribution in [1.82, 2.24) is 10.9 Å². The van der Waals surface area contributed by atoms with Crippen LogP contribution in [0.1, 0.15) is 11.5 Å². The second-order valence-corrected chi connectivity index (χ2v) is 4.38. The van der Waals surface area contributed by atoms with Crippen LogP contribution in [-0.2, 0) is 9.53 Å². The largest absolute Gasteiger partial charge is 0.468 e. The van der Waals surface area contributed by atoms with Crippen molar-refractivity contribution in [2.24, 2.45) is 5.73 Å². The first-order valence-electron chi connectivity index (χ1n) is 5.34. The lowest BCUT2D eigenvalue weighted by atomic mass is 9.90. The third kappa shape index (κ3) is 2.20. The smallest absolute Gasteiger partial charge is 0.324 e. The number of hydrazine groups is 1. The van der Waals surface area contributed by atoms with Gasteiger partial charge < -0.3 is 10.5 Å². The Hall–Kier alpha value is -1.21. The Labute approximate surface area is 108 Å². The maximum Gasteiger partial charge on any atom is 0.324 e. The quantitative estimate of drug-likeness (QED) is 0.684. The zero-order valence-corrected chi connectivity index (χ0v) is 10.4. The molecule has 98 valence electrons. The molecule has 5 nitrogen and oxygen atoms in total. The molecule has 4 N–H and O–H groups in total. The molecule has 0 spiro atoms. The number of hydrogen-bond donors (Lipinski definition) is 3. The molecule has 1 saturated heterocycles. The van der Waals surface area contributed by atoms with Gasteiger partial charge in [-0.2, -0.15) is 0 Å². The van der Waals surface area contributed by atoms with E-state index in [1.54, 1.807) is 6.07 Å². The van der Waals surface area contributed by atoms with Crippen LogP contribution in [0.5, 0.6) is 0 Å². The third-order valence-electron chi connectivity index (χ3n) is 2.94. The minimum absolute atomic E-state index is 0.208. The molecule has 1 heterocycles. The highest BCUT2D eigenvalue weighted by Gasteiger charge is 2.42. The Kier molecular flexibility index (Phi) is 3.82. The number of ether oxygens (including phenoxy) is 1. The van der Waals surface area contributed by atoms with E-state index in [4.69, 9.17) is 17.3 Å². The van der Waals surface area contributed by atoms with Gasteiger partial charge in [0, 0.05) is 16.5 Å². The Bertz CT molecular complexity index is 451. The minimum Gasteiger partial charge on any atom is -0.468 e. The number of esters is 1. The Balaban J connectivity index is 2.43. The zero-order valence-electron chi connectivity index (χ0n) is 9.61. The van der Waals surface area contributed by atoms with Gasteiger partial charge in [-0.3, -0.25) is 4.79 Å². The van der Waals surface area contributed by atoms with Crippen molar-refractivity contribution in [3.63, 3.8) is 0 Å². The molecular formula is C11H13ClFN3O2. The molecule has 0 aliphatic carbocycles. The van der Waals surface area contributed by atoms with Crippen molar-refractivity contribution in [2.45, 2.75) is 18.1 Å². The van der Waals surface area contributed by atoms with Gasteiger partial charge in [0.05, 0.1) is 13.3 Å². The summed E-state index contributed by atoms with van der Waals surface area (Å²) in [6.45, 7) is 0. The summed E-state index contributed by atoms with van der Waals surface area (Å²) in [6.07, 6.45) is -0.636. The SMILES string of the molecule is COC(=O)C1NNC(N)C1c1c(F)cccc1Cl. The van der Waals surface area contributed by atoms with Crippen LogP contribution in [0.2, 0.25) is 5.02 Å². The maximum absolute atomic E-state index is 13.9. The average Bonchev–Trinajstić information content (AvgIpc) is 2.71. The predicted molar refractivity (Wildman–Crippen MR) is 64.2 cm³/mol. The summed E-state index contributed by atoms with van der Waals surface area (Å²) in [5.74, 6) is -1.66. The number of halogens is 2. The van der Waals surface area contributed by atoms with E-state index in [1.807, 2.05) is 0 Å². The fraction of sp³-hybridized carbons (Fsp3) is 0.364. The van der Waals surface area contributed by atoms with Crippen molar-refractivity contribution in [3.8, 4) is 0 Å². The fourth-order valence-electron chi connectivity index (χ4n) is 2.08. The normalized spacial score (nSPS) is 27.2. The Morgan fingerprint density at radius 2 is 2.22 bits per heavy atom. The summed E-state index contributed by atoms with van der Waals surface area (Å²) in [6, 6.07) is 3.55. The van der Waals surface area contributed by atoms with Crippen LogP contribution in [0.25, 0.3) is 0 Å². The van der Waals surface area contributed by atoms with Crippen LogP contribution >= 0.6 is 11.6 Å². The van der Waals surface area contributed by atoms with Gasteiger partial charge in [0.2, 0.25) is 0 Å². The molecule has 1 fully saturated rings. The molecule has 7 heteroatoms. The van der Waals surface area contributed by atoms with Gasteiger partial charge in [-0.25, -0.2) is 15.2 Å². The molecule has 0 amide bonds. The van der Waals surface area contributed by atoms with Crippen LogP contribution in [0, 0.1) is 5.82 Å². The maximum atomic E-state index is 13.9.